The zero-order chi connectivity index (χ0) is 24.2. The quantitative estimate of drug-likeness (QED) is 0.471. The van der Waals surface area contributed by atoms with Crippen molar-refractivity contribution in [3.63, 3.8) is 0 Å². The molecule has 1 aliphatic heterocycles. The number of hydrogen-bond donors (Lipinski definition) is 1. The molecule has 2 aliphatic rings. The van der Waals surface area contributed by atoms with Crippen molar-refractivity contribution in [1.82, 2.24) is 5.32 Å². The molecule has 1 unspecified atom stereocenters. The SMILES string of the molecule is Cc1ccccc1C(C(=O)NC1CCCCC1)N(C(=O)Cc1cccs1)c1ccc2c(c1)OCO2. The van der Waals surface area contributed by atoms with Crippen molar-refractivity contribution in [1.29, 1.82) is 0 Å². The van der Waals surface area contributed by atoms with E-state index >= 15 is 0 Å². The number of nitrogens with one attached hydrogen (secondary N) is 1. The van der Waals surface area contributed by atoms with Gasteiger partial charge >= 0.3 is 0 Å². The highest BCUT2D eigenvalue weighted by Crippen LogP contribution is 2.39. The van der Waals surface area contributed by atoms with Crippen LogP contribution in [0.5, 0.6) is 11.5 Å². The van der Waals surface area contributed by atoms with E-state index in [-0.39, 0.29) is 31.1 Å². The average Bonchev–Trinajstić information content (AvgIpc) is 3.55. The van der Waals surface area contributed by atoms with Gasteiger partial charge in [0, 0.05) is 22.7 Å². The highest BCUT2D eigenvalue weighted by Gasteiger charge is 2.35. The van der Waals surface area contributed by atoms with Crippen LogP contribution >= 0.6 is 11.3 Å². The first-order valence-corrected chi connectivity index (χ1v) is 13.1. The maximum absolute atomic E-state index is 14.0. The van der Waals surface area contributed by atoms with Crippen molar-refractivity contribution in [2.45, 2.75) is 57.5 Å². The Bertz CT molecular complexity index is 1190. The van der Waals surface area contributed by atoms with Gasteiger partial charge in [0.1, 0.15) is 6.04 Å². The summed E-state index contributed by atoms with van der Waals surface area (Å²) < 4.78 is 11.1. The van der Waals surface area contributed by atoms with Gasteiger partial charge in [0.25, 0.3) is 0 Å². The molecule has 3 aromatic rings. The topological polar surface area (TPSA) is 67.9 Å². The number of carbonyl (C=O) groups is 2. The van der Waals surface area contributed by atoms with E-state index < -0.39 is 6.04 Å². The summed E-state index contributed by atoms with van der Waals surface area (Å²) in [7, 11) is 0. The largest absolute Gasteiger partial charge is 0.454 e. The minimum absolute atomic E-state index is 0.133. The van der Waals surface area contributed by atoms with Crippen molar-refractivity contribution in [2.24, 2.45) is 0 Å². The van der Waals surface area contributed by atoms with Crippen LogP contribution in [0.4, 0.5) is 5.69 Å². The monoisotopic (exact) mass is 490 g/mol. The summed E-state index contributed by atoms with van der Waals surface area (Å²) in [5, 5.41) is 5.24. The van der Waals surface area contributed by atoms with Crippen LogP contribution in [-0.2, 0) is 16.0 Å². The number of rotatable bonds is 7. The zero-order valence-corrected chi connectivity index (χ0v) is 20.7. The molecular weight excluding hydrogens is 460 g/mol. The number of ether oxygens (including phenoxy) is 2. The lowest BCUT2D eigenvalue weighted by molar-refractivity contribution is -0.127. The Balaban J connectivity index is 1.57. The first-order chi connectivity index (χ1) is 17.1. The second kappa shape index (κ2) is 10.5. The van der Waals surface area contributed by atoms with E-state index in [0.29, 0.717) is 17.2 Å². The van der Waals surface area contributed by atoms with Gasteiger partial charge in [-0.05, 0) is 54.5 Å². The van der Waals surface area contributed by atoms with Crippen LogP contribution in [0, 0.1) is 6.92 Å². The molecule has 0 spiro atoms. The smallest absolute Gasteiger partial charge is 0.248 e. The first-order valence-electron chi connectivity index (χ1n) is 12.2. The van der Waals surface area contributed by atoms with E-state index in [1.165, 1.54) is 17.8 Å². The molecular formula is C28H30N2O4S. The maximum Gasteiger partial charge on any atom is 0.248 e. The zero-order valence-electron chi connectivity index (χ0n) is 19.9. The molecule has 1 fully saturated rings. The molecule has 1 N–H and O–H groups in total. The summed E-state index contributed by atoms with van der Waals surface area (Å²) >= 11 is 1.54. The minimum atomic E-state index is -0.800. The molecule has 1 aliphatic carbocycles. The van der Waals surface area contributed by atoms with E-state index in [1.807, 2.05) is 54.8 Å². The Morgan fingerprint density at radius 2 is 1.83 bits per heavy atom. The lowest BCUT2D eigenvalue weighted by Gasteiger charge is -2.34. The van der Waals surface area contributed by atoms with E-state index in [2.05, 4.69) is 5.32 Å². The van der Waals surface area contributed by atoms with Crippen molar-refractivity contribution in [2.75, 3.05) is 11.7 Å². The molecule has 5 rings (SSSR count). The van der Waals surface area contributed by atoms with Crippen LogP contribution in [0.25, 0.3) is 0 Å². The van der Waals surface area contributed by atoms with Crippen molar-refractivity contribution in [3.8, 4) is 11.5 Å². The van der Waals surface area contributed by atoms with E-state index in [4.69, 9.17) is 9.47 Å². The molecule has 182 valence electrons. The Kier molecular flexibility index (Phi) is 7.04. The summed E-state index contributed by atoms with van der Waals surface area (Å²) in [6, 6.07) is 16.5. The predicted molar refractivity (Wildman–Crippen MR) is 137 cm³/mol. The minimum Gasteiger partial charge on any atom is -0.454 e. The van der Waals surface area contributed by atoms with Crippen LogP contribution in [0.1, 0.15) is 54.1 Å². The standard InChI is InChI=1S/C28H30N2O4S/c1-19-8-5-6-12-23(19)27(28(32)29-20-9-3-2-4-10-20)30(26(31)17-22-11-7-15-35-22)21-13-14-24-25(16-21)34-18-33-24/h5-8,11-16,20,27H,2-4,9-10,17-18H2,1H3,(H,29,32). The third kappa shape index (κ3) is 5.20. The van der Waals surface area contributed by atoms with Crippen LogP contribution in [0.2, 0.25) is 0 Å². The molecule has 0 saturated heterocycles. The van der Waals surface area contributed by atoms with Gasteiger partial charge in [-0.15, -0.1) is 11.3 Å². The lowest BCUT2D eigenvalue weighted by atomic mass is 9.93. The van der Waals surface area contributed by atoms with Crippen LogP contribution in [-0.4, -0.2) is 24.6 Å². The number of amides is 2. The summed E-state index contributed by atoms with van der Waals surface area (Å²) in [6.07, 6.45) is 5.59. The summed E-state index contributed by atoms with van der Waals surface area (Å²) in [5.41, 5.74) is 2.40. The highest BCUT2D eigenvalue weighted by atomic mass is 32.1. The molecule has 35 heavy (non-hydrogen) atoms. The summed E-state index contributed by atoms with van der Waals surface area (Å²) in [6.45, 7) is 2.13. The molecule has 0 bridgehead atoms. The number of thiophene rings is 1. The number of nitrogens with zero attached hydrogens (tertiary/aromatic N) is 1. The Morgan fingerprint density at radius 3 is 2.60 bits per heavy atom. The number of benzene rings is 2. The molecule has 1 aromatic heterocycles. The van der Waals surface area contributed by atoms with Gasteiger partial charge in [0.2, 0.25) is 18.6 Å². The number of fused-ring (bicyclic) bond motifs is 1. The van der Waals surface area contributed by atoms with Gasteiger partial charge in [-0.2, -0.15) is 0 Å². The van der Waals surface area contributed by atoms with Gasteiger partial charge in [-0.3, -0.25) is 14.5 Å². The van der Waals surface area contributed by atoms with Crippen LogP contribution < -0.4 is 19.7 Å². The number of carbonyl (C=O) groups excluding carboxylic acids is 2. The third-order valence-electron chi connectivity index (χ3n) is 6.75. The maximum atomic E-state index is 14.0. The van der Waals surface area contributed by atoms with Gasteiger partial charge in [-0.25, -0.2) is 0 Å². The Labute approximate surface area is 209 Å². The molecule has 0 radical (unpaired) electrons. The fourth-order valence-corrected chi connectivity index (χ4v) is 5.63. The molecule has 6 nitrogen and oxygen atoms in total. The molecule has 7 heteroatoms. The number of hydrogen-bond acceptors (Lipinski definition) is 5. The van der Waals surface area contributed by atoms with Crippen LogP contribution in [0.15, 0.2) is 60.0 Å². The molecule has 2 heterocycles. The second-order valence-electron chi connectivity index (χ2n) is 9.16. The average molecular weight is 491 g/mol. The van der Waals surface area contributed by atoms with Gasteiger partial charge in [-0.1, -0.05) is 49.6 Å². The highest BCUT2D eigenvalue weighted by molar-refractivity contribution is 7.10. The Morgan fingerprint density at radius 1 is 1.03 bits per heavy atom. The molecule has 1 saturated carbocycles. The van der Waals surface area contributed by atoms with Gasteiger partial charge < -0.3 is 14.8 Å². The van der Waals surface area contributed by atoms with Crippen molar-refractivity contribution < 1.29 is 19.1 Å². The molecule has 2 amide bonds. The summed E-state index contributed by atoms with van der Waals surface area (Å²) in [4.78, 5) is 30.5. The Hall–Kier alpha value is -3.32. The van der Waals surface area contributed by atoms with E-state index in [9.17, 15) is 9.59 Å². The number of aryl methyl sites for hydroxylation is 1. The van der Waals surface area contributed by atoms with Crippen molar-refractivity contribution >= 4 is 28.8 Å². The van der Waals surface area contributed by atoms with Crippen molar-refractivity contribution in [3.05, 3.63) is 76.0 Å². The normalized spacial score (nSPS) is 16.0. The van der Waals surface area contributed by atoms with Gasteiger partial charge in [0.15, 0.2) is 11.5 Å². The van der Waals surface area contributed by atoms with Crippen LogP contribution in [0.3, 0.4) is 0 Å². The fraction of sp³-hybridized carbons (Fsp3) is 0.357. The summed E-state index contributed by atoms with van der Waals surface area (Å²) in [5.74, 6) is 0.924. The van der Waals surface area contributed by atoms with E-state index in [0.717, 1.165) is 41.7 Å². The first kappa shape index (κ1) is 23.4. The second-order valence-corrected chi connectivity index (χ2v) is 10.2. The molecule has 2 aromatic carbocycles. The number of anilines is 1. The predicted octanol–water partition coefficient (Wildman–Crippen LogP) is 5.55. The third-order valence-corrected chi connectivity index (χ3v) is 7.63. The fourth-order valence-electron chi connectivity index (χ4n) is 4.94. The lowest BCUT2D eigenvalue weighted by Crippen LogP contribution is -2.48. The van der Waals surface area contributed by atoms with Gasteiger partial charge in [0.05, 0.1) is 6.42 Å². The van der Waals surface area contributed by atoms with E-state index in [1.54, 1.807) is 17.0 Å². The molecule has 1 atom stereocenters.